The highest BCUT2D eigenvalue weighted by molar-refractivity contribution is 5.96. The van der Waals surface area contributed by atoms with Crippen molar-refractivity contribution in [2.75, 3.05) is 19.8 Å². The molecular weight excluding hydrogens is 394 g/mol. The zero-order chi connectivity index (χ0) is 21.4. The fourth-order valence-corrected chi connectivity index (χ4v) is 5.69. The summed E-state index contributed by atoms with van der Waals surface area (Å²) >= 11 is 0. The van der Waals surface area contributed by atoms with Crippen LogP contribution in [-0.4, -0.2) is 51.3 Å². The highest BCUT2D eigenvalue weighted by atomic mass is 16.5. The van der Waals surface area contributed by atoms with Gasteiger partial charge >= 0.3 is 5.56 Å². The van der Waals surface area contributed by atoms with Crippen LogP contribution in [0.5, 0.6) is 5.75 Å². The van der Waals surface area contributed by atoms with E-state index in [1.165, 1.54) is 5.56 Å². The topological polar surface area (TPSA) is 84.7 Å². The van der Waals surface area contributed by atoms with Gasteiger partial charge in [-0.3, -0.25) is 9.59 Å². The number of hydrogen-bond acceptors (Lipinski definition) is 5. The lowest BCUT2D eigenvalue weighted by atomic mass is 9.76. The van der Waals surface area contributed by atoms with Crippen molar-refractivity contribution in [2.45, 2.75) is 62.9 Å². The number of amides is 1. The second kappa shape index (κ2) is 8.11. The molecule has 2 aromatic rings. The zero-order valence-corrected chi connectivity index (χ0v) is 17.8. The van der Waals surface area contributed by atoms with Gasteiger partial charge in [-0.15, -0.1) is 0 Å². The van der Waals surface area contributed by atoms with Crippen LogP contribution < -0.4 is 5.56 Å². The Labute approximate surface area is 181 Å². The van der Waals surface area contributed by atoms with Crippen molar-refractivity contribution in [3.8, 4) is 5.75 Å². The number of aromatic hydroxyl groups is 1. The van der Waals surface area contributed by atoms with E-state index >= 15 is 0 Å². The smallest absolute Gasteiger partial charge is 0.315 e. The van der Waals surface area contributed by atoms with Gasteiger partial charge in [0, 0.05) is 44.2 Å². The normalized spacial score (nSPS) is 21.3. The highest BCUT2D eigenvalue weighted by Gasteiger charge is 2.40. The Hall–Kier alpha value is -2.67. The molecule has 5 rings (SSSR count). The average Bonchev–Trinajstić information content (AvgIpc) is 3.28. The molecule has 3 aliphatic rings. The molecule has 1 amide bonds. The van der Waals surface area contributed by atoms with Gasteiger partial charge in [-0.2, -0.15) is 4.98 Å². The number of ether oxygens (including phenoxy) is 1. The molecule has 0 bridgehead atoms. The maximum absolute atomic E-state index is 13.4. The van der Waals surface area contributed by atoms with Gasteiger partial charge in [-0.05, 0) is 31.2 Å². The summed E-state index contributed by atoms with van der Waals surface area (Å²) in [6.07, 6.45) is 6.51. The van der Waals surface area contributed by atoms with Crippen molar-refractivity contribution in [1.82, 2.24) is 14.5 Å². The monoisotopic (exact) mass is 423 g/mol. The SMILES string of the molecule is O=C1c2c(O)c(=O)nc(CC3(c4ccccc4)CCCC3)n2CCN1C1CCOCC1. The van der Waals surface area contributed by atoms with Crippen LogP contribution >= 0.6 is 0 Å². The summed E-state index contributed by atoms with van der Waals surface area (Å²) in [4.78, 5) is 32.0. The molecule has 1 N–H and O–H groups in total. The number of aromatic nitrogens is 2. The van der Waals surface area contributed by atoms with Crippen LogP contribution in [0.2, 0.25) is 0 Å². The Morgan fingerprint density at radius 3 is 2.48 bits per heavy atom. The molecule has 7 nitrogen and oxygen atoms in total. The van der Waals surface area contributed by atoms with Gasteiger partial charge in [0.1, 0.15) is 5.82 Å². The number of fused-ring (bicyclic) bond motifs is 1. The molecule has 2 fully saturated rings. The predicted octanol–water partition coefficient (Wildman–Crippen LogP) is 2.64. The molecule has 164 valence electrons. The lowest BCUT2D eigenvalue weighted by molar-refractivity contribution is 0.0234. The predicted molar refractivity (Wildman–Crippen MR) is 115 cm³/mol. The van der Waals surface area contributed by atoms with E-state index in [1.54, 1.807) is 4.57 Å². The zero-order valence-electron chi connectivity index (χ0n) is 17.8. The number of carbonyl (C=O) groups is 1. The number of benzene rings is 1. The third-order valence-corrected chi connectivity index (χ3v) is 7.34. The molecule has 0 unspecified atom stereocenters. The largest absolute Gasteiger partial charge is 0.501 e. The number of nitrogens with zero attached hydrogens (tertiary/aromatic N) is 3. The standard InChI is InChI=1S/C24H29N3O4/c28-21-20-23(30)26(18-8-14-31-15-9-18)12-13-27(20)19(25-22(21)29)16-24(10-4-5-11-24)17-6-2-1-3-7-17/h1-3,6-7,18,28H,4-5,8-16H2. The summed E-state index contributed by atoms with van der Waals surface area (Å²) in [5.41, 5.74) is 0.577. The number of hydrogen-bond donors (Lipinski definition) is 1. The number of rotatable bonds is 4. The van der Waals surface area contributed by atoms with Crippen LogP contribution in [0.4, 0.5) is 0 Å². The van der Waals surface area contributed by atoms with Gasteiger partial charge in [0.15, 0.2) is 5.69 Å². The molecule has 1 saturated heterocycles. The molecule has 31 heavy (non-hydrogen) atoms. The lowest BCUT2D eigenvalue weighted by Crippen LogP contribution is -2.50. The summed E-state index contributed by atoms with van der Waals surface area (Å²) in [6, 6.07) is 10.5. The van der Waals surface area contributed by atoms with Crippen molar-refractivity contribution >= 4 is 5.91 Å². The van der Waals surface area contributed by atoms with Crippen molar-refractivity contribution in [1.29, 1.82) is 0 Å². The van der Waals surface area contributed by atoms with Gasteiger partial charge in [0.2, 0.25) is 5.75 Å². The average molecular weight is 424 g/mol. The van der Waals surface area contributed by atoms with Crippen LogP contribution in [-0.2, 0) is 23.1 Å². The Kier molecular flexibility index (Phi) is 5.30. The second-order valence-electron chi connectivity index (χ2n) is 9.05. The Morgan fingerprint density at radius 2 is 1.77 bits per heavy atom. The van der Waals surface area contributed by atoms with Crippen molar-refractivity contribution in [2.24, 2.45) is 0 Å². The van der Waals surface area contributed by atoms with Crippen molar-refractivity contribution in [3.63, 3.8) is 0 Å². The summed E-state index contributed by atoms with van der Waals surface area (Å²) in [5.74, 6) is -0.175. The quantitative estimate of drug-likeness (QED) is 0.817. The molecule has 0 radical (unpaired) electrons. The van der Waals surface area contributed by atoms with E-state index < -0.39 is 11.3 Å². The van der Waals surface area contributed by atoms with Crippen LogP contribution in [0.25, 0.3) is 0 Å². The first-order valence-corrected chi connectivity index (χ1v) is 11.4. The first kappa shape index (κ1) is 20.2. The number of carbonyl (C=O) groups excluding carboxylic acids is 1. The molecule has 1 aliphatic carbocycles. The summed E-state index contributed by atoms with van der Waals surface area (Å²) in [7, 11) is 0. The maximum atomic E-state index is 13.4. The summed E-state index contributed by atoms with van der Waals surface area (Å²) in [5, 5.41) is 10.5. The fraction of sp³-hybridized carbons (Fsp3) is 0.542. The summed E-state index contributed by atoms with van der Waals surface area (Å²) in [6.45, 7) is 2.37. The van der Waals surface area contributed by atoms with E-state index in [2.05, 4.69) is 29.2 Å². The van der Waals surface area contributed by atoms with Crippen molar-refractivity contribution in [3.05, 3.63) is 57.8 Å². The van der Waals surface area contributed by atoms with Gasteiger partial charge < -0.3 is 19.3 Å². The van der Waals surface area contributed by atoms with Gasteiger partial charge in [0.25, 0.3) is 5.91 Å². The van der Waals surface area contributed by atoms with E-state index in [-0.39, 0.29) is 23.1 Å². The Morgan fingerprint density at radius 1 is 1.06 bits per heavy atom. The molecule has 1 saturated carbocycles. The van der Waals surface area contributed by atoms with Crippen LogP contribution in [0, 0.1) is 0 Å². The van der Waals surface area contributed by atoms with Crippen LogP contribution in [0.1, 0.15) is 60.4 Å². The summed E-state index contributed by atoms with van der Waals surface area (Å²) < 4.78 is 7.24. The lowest BCUT2D eigenvalue weighted by Gasteiger charge is -2.39. The Balaban J connectivity index is 1.53. The minimum Gasteiger partial charge on any atom is -0.501 e. The van der Waals surface area contributed by atoms with Crippen molar-refractivity contribution < 1.29 is 14.6 Å². The van der Waals surface area contributed by atoms with E-state index in [0.29, 0.717) is 38.5 Å². The molecule has 0 spiro atoms. The highest BCUT2D eigenvalue weighted by Crippen LogP contribution is 2.43. The molecule has 1 aromatic heterocycles. The molecule has 0 atom stereocenters. The minimum atomic E-state index is -0.704. The third kappa shape index (κ3) is 3.55. The van der Waals surface area contributed by atoms with Crippen LogP contribution in [0.3, 0.4) is 0 Å². The first-order chi connectivity index (χ1) is 15.1. The van der Waals surface area contributed by atoms with Gasteiger partial charge in [-0.25, -0.2) is 0 Å². The van der Waals surface area contributed by atoms with Gasteiger partial charge in [0.05, 0.1) is 0 Å². The van der Waals surface area contributed by atoms with E-state index in [9.17, 15) is 14.7 Å². The fourth-order valence-electron chi connectivity index (χ4n) is 5.69. The van der Waals surface area contributed by atoms with E-state index in [4.69, 9.17) is 4.74 Å². The molecular formula is C24H29N3O4. The van der Waals surface area contributed by atoms with E-state index in [1.807, 2.05) is 11.0 Å². The first-order valence-electron chi connectivity index (χ1n) is 11.4. The molecule has 3 heterocycles. The molecule has 1 aromatic carbocycles. The minimum absolute atomic E-state index is 0.0840. The Bertz CT molecular complexity index is 1020. The van der Waals surface area contributed by atoms with E-state index in [0.717, 1.165) is 38.5 Å². The second-order valence-corrected chi connectivity index (χ2v) is 9.05. The maximum Gasteiger partial charge on any atom is 0.315 e. The van der Waals surface area contributed by atoms with Gasteiger partial charge in [-0.1, -0.05) is 43.2 Å². The third-order valence-electron chi connectivity index (χ3n) is 7.34. The molecule has 7 heteroatoms. The molecule has 2 aliphatic heterocycles. The van der Waals surface area contributed by atoms with Crippen LogP contribution in [0.15, 0.2) is 35.1 Å².